The van der Waals surface area contributed by atoms with Crippen molar-refractivity contribution in [2.75, 3.05) is 33.3 Å². The van der Waals surface area contributed by atoms with Gasteiger partial charge < -0.3 is 9.84 Å². The molecule has 1 N–H and O–H groups in total. The lowest BCUT2D eigenvalue weighted by Gasteiger charge is -2.41. The Morgan fingerprint density at radius 2 is 1.83 bits per heavy atom. The van der Waals surface area contributed by atoms with Gasteiger partial charge in [-0.05, 0) is 43.9 Å². The minimum atomic E-state index is -0.158. The van der Waals surface area contributed by atoms with Crippen molar-refractivity contribution in [2.45, 2.75) is 44.4 Å². The molecular formula is C18H27FN2O2. The summed E-state index contributed by atoms with van der Waals surface area (Å²) in [6.45, 7) is 4.64. The van der Waals surface area contributed by atoms with E-state index in [-0.39, 0.29) is 11.9 Å². The Kier molecular flexibility index (Phi) is 5.51. The molecule has 2 fully saturated rings. The molecule has 0 amide bonds. The van der Waals surface area contributed by atoms with Crippen molar-refractivity contribution in [1.29, 1.82) is 0 Å². The van der Waals surface area contributed by atoms with Crippen LogP contribution in [0.5, 0.6) is 5.75 Å². The topological polar surface area (TPSA) is 35.9 Å². The first kappa shape index (κ1) is 16.7. The van der Waals surface area contributed by atoms with Crippen LogP contribution >= 0.6 is 0 Å². The summed E-state index contributed by atoms with van der Waals surface area (Å²) >= 11 is 0. The number of hydrogen-bond donors (Lipinski definition) is 1. The molecule has 0 atom stereocenters. The number of benzene rings is 1. The van der Waals surface area contributed by atoms with E-state index in [0.717, 1.165) is 51.9 Å². The lowest BCUT2D eigenvalue weighted by Crippen LogP contribution is -2.51. The maximum Gasteiger partial charge on any atom is 0.127 e. The van der Waals surface area contributed by atoms with E-state index in [9.17, 15) is 9.50 Å². The maximum atomic E-state index is 13.9. The molecule has 128 valence electrons. The molecule has 5 heteroatoms. The number of ether oxygens (including phenoxy) is 1. The van der Waals surface area contributed by atoms with E-state index in [1.165, 1.54) is 6.07 Å². The number of aliphatic hydroxyl groups is 1. The van der Waals surface area contributed by atoms with Gasteiger partial charge >= 0.3 is 0 Å². The summed E-state index contributed by atoms with van der Waals surface area (Å²) < 4.78 is 19.1. The Morgan fingerprint density at radius 3 is 2.48 bits per heavy atom. The fourth-order valence-electron chi connectivity index (χ4n) is 3.75. The summed E-state index contributed by atoms with van der Waals surface area (Å²) in [7, 11) is 1.61. The summed E-state index contributed by atoms with van der Waals surface area (Å²) in [5.74, 6) is 0.551. The van der Waals surface area contributed by atoms with Crippen LogP contribution in [0.2, 0.25) is 0 Å². The van der Waals surface area contributed by atoms with Gasteiger partial charge in [0, 0.05) is 44.3 Å². The first-order chi connectivity index (χ1) is 11.2. The highest BCUT2D eigenvalue weighted by Crippen LogP contribution is 2.25. The van der Waals surface area contributed by atoms with Crippen LogP contribution in [0.1, 0.15) is 31.2 Å². The lowest BCUT2D eigenvalue weighted by molar-refractivity contribution is 0.0420. The van der Waals surface area contributed by atoms with Crippen LogP contribution in [-0.4, -0.2) is 60.3 Å². The highest BCUT2D eigenvalue weighted by Gasteiger charge is 2.27. The van der Waals surface area contributed by atoms with Crippen LogP contribution in [0.3, 0.4) is 0 Å². The highest BCUT2D eigenvalue weighted by molar-refractivity contribution is 5.29. The Hall–Kier alpha value is -1.17. The van der Waals surface area contributed by atoms with E-state index in [2.05, 4.69) is 9.80 Å². The minimum absolute atomic E-state index is 0.0939. The predicted molar refractivity (Wildman–Crippen MR) is 88.1 cm³/mol. The van der Waals surface area contributed by atoms with Crippen LogP contribution in [-0.2, 0) is 6.54 Å². The third-order valence-electron chi connectivity index (χ3n) is 5.24. The second-order valence-corrected chi connectivity index (χ2v) is 6.73. The molecule has 1 aromatic carbocycles. The van der Waals surface area contributed by atoms with Gasteiger partial charge in [0.1, 0.15) is 11.6 Å². The number of aliphatic hydroxyl groups excluding tert-OH is 1. The third-order valence-corrected chi connectivity index (χ3v) is 5.24. The zero-order valence-electron chi connectivity index (χ0n) is 13.9. The molecule has 4 nitrogen and oxygen atoms in total. The van der Waals surface area contributed by atoms with Crippen molar-refractivity contribution in [2.24, 2.45) is 0 Å². The van der Waals surface area contributed by atoms with Crippen molar-refractivity contribution in [1.82, 2.24) is 9.80 Å². The molecule has 1 aromatic rings. The summed E-state index contributed by atoms with van der Waals surface area (Å²) in [5.41, 5.74) is 0.707. The Balaban J connectivity index is 1.51. The smallest absolute Gasteiger partial charge is 0.127 e. The molecule has 0 spiro atoms. The first-order valence-corrected chi connectivity index (χ1v) is 8.62. The standard InChI is InChI=1S/C18H27FN2O2/c1-23-17-6-7-18(19)14(12-17)13-20-8-10-21(11-9-20)15-2-4-16(22)5-3-15/h6-7,12,15-16,22H,2-5,8-11,13H2,1H3. The summed E-state index contributed by atoms with van der Waals surface area (Å²) in [5, 5.41) is 9.63. The molecular weight excluding hydrogens is 295 g/mol. The van der Waals surface area contributed by atoms with Gasteiger partial charge in [0.25, 0.3) is 0 Å². The fourth-order valence-corrected chi connectivity index (χ4v) is 3.75. The van der Waals surface area contributed by atoms with E-state index in [1.54, 1.807) is 19.2 Å². The summed E-state index contributed by atoms with van der Waals surface area (Å²) in [4.78, 5) is 4.86. The molecule has 0 unspecified atom stereocenters. The van der Waals surface area contributed by atoms with E-state index in [0.29, 0.717) is 23.9 Å². The second-order valence-electron chi connectivity index (χ2n) is 6.73. The molecule has 1 saturated heterocycles. The van der Waals surface area contributed by atoms with Gasteiger partial charge in [-0.3, -0.25) is 9.80 Å². The number of hydrogen-bond acceptors (Lipinski definition) is 4. The van der Waals surface area contributed by atoms with Crippen molar-refractivity contribution in [3.63, 3.8) is 0 Å². The zero-order chi connectivity index (χ0) is 16.2. The lowest BCUT2D eigenvalue weighted by atomic mass is 9.91. The van der Waals surface area contributed by atoms with E-state index in [4.69, 9.17) is 4.74 Å². The summed E-state index contributed by atoms with van der Waals surface area (Å²) in [6.07, 6.45) is 3.97. The van der Waals surface area contributed by atoms with Crippen molar-refractivity contribution < 1.29 is 14.2 Å². The van der Waals surface area contributed by atoms with Gasteiger partial charge in [-0.1, -0.05) is 0 Å². The van der Waals surface area contributed by atoms with Gasteiger partial charge in [0.15, 0.2) is 0 Å². The number of methoxy groups -OCH3 is 1. The first-order valence-electron chi connectivity index (χ1n) is 8.62. The zero-order valence-corrected chi connectivity index (χ0v) is 13.9. The van der Waals surface area contributed by atoms with E-state index in [1.807, 2.05) is 0 Å². The Morgan fingerprint density at radius 1 is 1.13 bits per heavy atom. The van der Waals surface area contributed by atoms with Gasteiger partial charge in [0.05, 0.1) is 13.2 Å². The van der Waals surface area contributed by atoms with E-state index >= 15 is 0 Å². The van der Waals surface area contributed by atoms with Crippen LogP contribution in [0, 0.1) is 5.82 Å². The number of halogens is 1. The van der Waals surface area contributed by atoms with Crippen LogP contribution in [0.25, 0.3) is 0 Å². The molecule has 1 saturated carbocycles. The quantitative estimate of drug-likeness (QED) is 0.922. The molecule has 1 heterocycles. The molecule has 1 aliphatic carbocycles. The molecule has 0 bridgehead atoms. The third kappa shape index (κ3) is 4.22. The van der Waals surface area contributed by atoms with Crippen LogP contribution < -0.4 is 4.74 Å². The Bertz CT molecular complexity index is 510. The normalized spacial score (nSPS) is 27.1. The fraction of sp³-hybridized carbons (Fsp3) is 0.667. The molecule has 0 aromatic heterocycles. The highest BCUT2D eigenvalue weighted by atomic mass is 19.1. The SMILES string of the molecule is COc1ccc(F)c(CN2CCN(C3CCC(O)CC3)CC2)c1. The second kappa shape index (κ2) is 7.60. The van der Waals surface area contributed by atoms with Crippen LogP contribution in [0.4, 0.5) is 4.39 Å². The maximum absolute atomic E-state index is 13.9. The van der Waals surface area contributed by atoms with E-state index < -0.39 is 0 Å². The predicted octanol–water partition coefficient (Wildman–Crippen LogP) is 2.26. The molecule has 1 aliphatic heterocycles. The van der Waals surface area contributed by atoms with Crippen molar-refractivity contribution in [3.8, 4) is 5.75 Å². The molecule has 23 heavy (non-hydrogen) atoms. The van der Waals surface area contributed by atoms with Crippen molar-refractivity contribution >= 4 is 0 Å². The number of rotatable bonds is 4. The summed E-state index contributed by atoms with van der Waals surface area (Å²) in [6, 6.07) is 5.56. The average molecular weight is 322 g/mol. The van der Waals surface area contributed by atoms with Gasteiger partial charge in [-0.15, -0.1) is 0 Å². The average Bonchev–Trinajstić information content (AvgIpc) is 2.58. The number of nitrogens with zero attached hydrogens (tertiary/aromatic N) is 2. The minimum Gasteiger partial charge on any atom is -0.497 e. The largest absolute Gasteiger partial charge is 0.497 e. The van der Waals surface area contributed by atoms with Gasteiger partial charge in [-0.25, -0.2) is 4.39 Å². The molecule has 3 rings (SSSR count). The van der Waals surface area contributed by atoms with Gasteiger partial charge in [-0.2, -0.15) is 0 Å². The monoisotopic (exact) mass is 322 g/mol. The molecule has 0 radical (unpaired) electrons. The Labute approximate surface area is 137 Å². The van der Waals surface area contributed by atoms with Crippen molar-refractivity contribution in [3.05, 3.63) is 29.6 Å². The van der Waals surface area contributed by atoms with Gasteiger partial charge in [0.2, 0.25) is 0 Å². The van der Waals surface area contributed by atoms with Crippen LogP contribution in [0.15, 0.2) is 18.2 Å². The molecule has 2 aliphatic rings. The number of piperazine rings is 1.